The molecule has 0 radical (unpaired) electrons. The summed E-state index contributed by atoms with van der Waals surface area (Å²) < 4.78 is 0. The van der Waals surface area contributed by atoms with Crippen LogP contribution in [0.2, 0.25) is 0 Å². The Bertz CT molecular complexity index is 348. The van der Waals surface area contributed by atoms with Gasteiger partial charge in [0.15, 0.2) is 0 Å². The van der Waals surface area contributed by atoms with Gasteiger partial charge in [0, 0.05) is 0 Å². The molecule has 0 bridgehead atoms. The fraction of sp³-hybridized carbons (Fsp3) is 0.533. The molecule has 0 saturated heterocycles. The molecule has 1 aromatic rings. The number of hydrogen-bond acceptors (Lipinski definition) is 1. The smallest absolute Gasteiger partial charge is 0.306 e. The Morgan fingerprint density at radius 2 is 1.59 bits per heavy atom. The minimum atomic E-state index is -0.608. The molecule has 1 aliphatic rings. The fourth-order valence-corrected chi connectivity index (χ4v) is 2.82. The summed E-state index contributed by atoms with van der Waals surface area (Å²) in [6.07, 6.45) is 6.03. The molecular weight excluding hydrogens is 212 g/mol. The first-order valence-electron chi connectivity index (χ1n) is 6.55. The van der Waals surface area contributed by atoms with Crippen molar-refractivity contribution in [2.45, 2.75) is 44.4 Å². The molecule has 2 nitrogen and oxygen atoms in total. The Balaban J connectivity index is 1.95. The molecule has 1 fully saturated rings. The number of benzene rings is 1. The second kappa shape index (κ2) is 5.85. The van der Waals surface area contributed by atoms with Gasteiger partial charge in [0.2, 0.25) is 0 Å². The normalized spacial score (nSPS) is 25.9. The summed E-state index contributed by atoms with van der Waals surface area (Å²) in [5.74, 6) is -0.0826. The molecule has 1 saturated carbocycles. The van der Waals surface area contributed by atoms with Crippen molar-refractivity contribution in [1.29, 1.82) is 0 Å². The summed E-state index contributed by atoms with van der Waals surface area (Å²) in [5, 5.41) is 9.04. The molecule has 0 amide bonds. The van der Waals surface area contributed by atoms with Gasteiger partial charge >= 0.3 is 5.97 Å². The highest BCUT2D eigenvalue weighted by Crippen LogP contribution is 2.32. The van der Waals surface area contributed by atoms with E-state index < -0.39 is 5.97 Å². The average molecular weight is 232 g/mol. The van der Waals surface area contributed by atoms with Gasteiger partial charge in [-0.1, -0.05) is 43.2 Å². The van der Waals surface area contributed by atoms with E-state index in [9.17, 15) is 4.79 Å². The predicted molar refractivity (Wildman–Crippen MR) is 68.0 cm³/mol. The van der Waals surface area contributed by atoms with Crippen LogP contribution in [0.5, 0.6) is 0 Å². The van der Waals surface area contributed by atoms with Crippen molar-refractivity contribution in [3.8, 4) is 0 Å². The number of carbonyl (C=O) groups is 1. The van der Waals surface area contributed by atoms with Crippen LogP contribution >= 0.6 is 0 Å². The molecule has 2 heteroatoms. The van der Waals surface area contributed by atoms with Crippen molar-refractivity contribution in [2.24, 2.45) is 5.92 Å². The van der Waals surface area contributed by atoms with Gasteiger partial charge in [0.25, 0.3) is 0 Å². The zero-order valence-corrected chi connectivity index (χ0v) is 10.1. The third kappa shape index (κ3) is 3.32. The first kappa shape index (κ1) is 12.2. The summed E-state index contributed by atoms with van der Waals surface area (Å²) in [5.41, 5.74) is 1.42. The highest BCUT2D eigenvalue weighted by Gasteiger charge is 2.21. The molecule has 0 aromatic heterocycles. The molecule has 0 unspecified atom stereocenters. The minimum Gasteiger partial charge on any atom is -0.481 e. The van der Waals surface area contributed by atoms with Crippen molar-refractivity contribution < 1.29 is 9.90 Å². The maximum Gasteiger partial charge on any atom is 0.306 e. The Morgan fingerprint density at radius 1 is 1.00 bits per heavy atom. The number of hydrogen-bond donors (Lipinski definition) is 1. The zero-order valence-electron chi connectivity index (χ0n) is 10.1. The summed E-state index contributed by atoms with van der Waals surface area (Å²) in [6.45, 7) is 0. The van der Waals surface area contributed by atoms with E-state index in [1.807, 2.05) is 6.07 Å². The first-order chi connectivity index (χ1) is 8.27. The highest BCUT2D eigenvalue weighted by atomic mass is 16.4. The van der Waals surface area contributed by atoms with E-state index >= 15 is 0 Å². The van der Waals surface area contributed by atoms with Gasteiger partial charge in [-0.3, -0.25) is 4.79 Å². The van der Waals surface area contributed by atoms with Crippen LogP contribution in [-0.4, -0.2) is 11.1 Å². The van der Waals surface area contributed by atoms with Crippen LogP contribution in [0, 0.1) is 5.92 Å². The van der Waals surface area contributed by atoms with Gasteiger partial charge < -0.3 is 5.11 Å². The largest absolute Gasteiger partial charge is 0.481 e. The van der Waals surface area contributed by atoms with Gasteiger partial charge in [-0.05, 0) is 37.2 Å². The molecule has 92 valence electrons. The number of rotatable bonds is 2. The van der Waals surface area contributed by atoms with Gasteiger partial charge in [-0.15, -0.1) is 0 Å². The van der Waals surface area contributed by atoms with Crippen LogP contribution in [0.3, 0.4) is 0 Å². The second-order valence-electron chi connectivity index (χ2n) is 5.00. The summed E-state index contributed by atoms with van der Waals surface area (Å²) in [6, 6.07) is 10.6. The molecule has 0 heterocycles. The van der Waals surface area contributed by atoms with Crippen LogP contribution in [0.25, 0.3) is 0 Å². The van der Waals surface area contributed by atoms with E-state index in [1.54, 1.807) is 0 Å². The maximum atomic E-state index is 11.0. The molecular formula is C15H20O2. The summed E-state index contributed by atoms with van der Waals surface area (Å²) >= 11 is 0. The Hall–Kier alpha value is -1.31. The lowest BCUT2D eigenvalue weighted by Gasteiger charge is -2.22. The second-order valence-corrected chi connectivity index (χ2v) is 5.00. The van der Waals surface area contributed by atoms with Gasteiger partial charge in [0.05, 0.1) is 5.92 Å². The summed E-state index contributed by atoms with van der Waals surface area (Å²) in [7, 11) is 0. The van der Waals surface area contributed by atoms with E-state index in [1.165, 1.54) is 5.56 Å². The lowest BCUT2D eigenvalue weighted by atomic mass is 9.82. The fourth-order valence-electron chi connectivity index (χ4n) is 2.82. The van der Waals surface area contributed by atoms with E-state index in [2.05, 4.69) is 24.3 Å². The molecule has 17 heavy (non-hydrogen) atoms. The lowest BCUT2D eigenvalue weighted by Crippen LogP contribution is -2.16. The molecule has 0 atom stereocenters. The first-order valence-corrected chi connectivity index (χ1v) is 6.55. The summed E-state index contributed by atoms with van der Waals surface area (Å²) in [4.78, 5) is 11.0. The Morgan fingerprint density at radius 3 is 2.12 bits per heavy atom. The minimum absolute atomic E-state index is 0.105. The molecule has 0 spiro atoms. The van der Waals surface area contributed by atoms with Crippen molar-refractivity contribution in [1.82, 2.24) is 0 Å². The van der Waals surface area contributed by atoms with E-state index in [0.717, 1.165) is 38.5 Å². The maximum absolute atomic E-state index is 11.0. The van der Waals surface area contributed by atoms with Gasteiger partial charge in [0.1, 0.15) is 0 Å². The zero-order chi connectivity index (χ0) is 12.1. The van der Waals surface area contributed by atoms with Gasteiger partial charge in [-0.2, -0.15) is 0 Å². The SMILES string of the molecule is O=C(O)C1CCCC(c2ccccc2)CCC1. The Kier molecular flexibility index (Phi) is 4.18. The monoisotopic (exact) mass is 232 g/mol. The van der Waals surface area contributed by atoms with Crippen LogP contribution < -0.4 is 0 Å². The Labute approximate surface area is 103 Å². The van der Waals surface area contributed by atoms with Crippen molar-refractivity contribution in [2.75, 3.05) is 0 Å². The molecule has 1 aliphatic carbocycles. The van der Waals surface area contributed by atoms with Crippen molar-refractivity contribution in [3.63, 3.8) is 0 Å². The van der Waals surface area contributed by atoms with E-state index in [0.29, 0.717) is 5.92 Å². The van der Waals surface area contributed by atoms with Crippen LogP contribution in [0.1, 0.15) is 50.0 Å². The third-order valence-corrected chi connectivity index (χ3v) is 3.83. The molecule has 0 aliphatic heterocycles. The number of carboxylic acids is 1. The lowest BCUT2D eigenvalue weighted by molar-refractivity contribution is -0.142. The quantitative estimate of drug-likeness (QED) is 0.841. The van der Waals surface area contributed by atoms with E-state index in [-0.39, 0.29) is 5.92 Å². The molecule has 1 N–H and O–H groups in total. The topological polar surface area (TPSA) is 37.3 Å². The standard InChI is InChI=1S/C15H20O2/c16-15(17)14-10-4-8-13(9-5-11-14)12-6-2-1-3-7-12/h1-3,6-7,13-14H,4-5,8-11H2,(H,16,17). The third-order valence-electron chi connectivity index (χ3n) is 3.83. The van der Waals surface area contributed by atoms with Crippen LogP contribution in [-0.2, 0) is 4.79 Å². The van der Waals surface area contributed by atoms with Crippen LogP contribution in [0.15, 0.2) is 30.3 Å². The van der Waals surface area contributed by atoms with Crippen LogP contribution in [0.4, 0.5) is 0 Å². The van der Waals surface area contributed by atoms with E-state index in [4.69, 9.17) is 5.11 Å². The number of carboxylic acid groups (broad SMARTS) is 1. The highest BCUT2D eigenvalue weighted by molar-refractivity contribution is 5.69. The molecule has 2 rings (SSSR count). The predicted octanol–water partition coefficient (Wildman–Crippen LogP) is 3.83. The van der Waals surface area contributed by atoms with Crippen molar-refractivity contribution in [3.05, 3.63) is 35.9 Å². The number of aliphatic carboxylic acids is 1. The van der Waals surface area contributed by atoms with Crippen molar-refractivity contribution >= 4 is 5.97 Å². The van der Waals surface area contributed by atoms with Gasteiger partial charge in [-0.25, -0.2) is 0 Å². The average Bonchev–Trinajstić information content (AvgIpc) is 2.29. The molecule has 1 aromatic carbocycles.